The Morgan fingerprint density at radius 3 is 2.93 bits per heavy atom. The molecular weight excluding hydrogens is 358 g/mol. The molecular formula is C21H27N3O2S. The van der Waals surface area contributed by atoms with Gasteiger partial charge in [-0.2, -0.15) is 11.3 Å². The topological polar surface area (TPSA) is 54.5 Å². The van der Waals surface area contributed by atoms with Crippen LogP contribution in [0.1, 0.15) is 36.8 Å². The summed E-state index contributed by atoms with van der Waals surface area (Å²) in [6.45, 7) is 3.72. The number of amides is 1. The van der Waals surface area contributed by atoms with Gasteiger partial charge in [-0.3, -0.25) is 14.7 Å². The molecule has 2 aliphatic heterocycles. The van der Waals surface area contributed by atoms with E-state index < -0.39 is 0 Å². The lowest BCUT2D eigenvalue weighted by Crippen LogP contribution is -2.45. The summed E-state index contributed by atoms with van der Waals surface area (Å²) in [7, 11) is 0. The summed E-state index contributed by atoms with van der Waals surface area (Å²) in [5, 5.41) is 7.08. The van der Waals surface area contributed by atoms with E-state index in [9.17, 15) is 4.79 Å². The lowest BCUT2D eigenvalue weighted by molar-refractivity contribution is -0.122. The monoisotopic (exact) mass is 385 g/mol. The van der Waals surface area contributed by atoms with Crippen molar-refractivity contribution in [3.63, 3.8) is 0 Å². The van der Waals surface area contributed by atoms with E-state index in [4.69, 9.17) is 4.74 Å². The molecule has 1 amide bonds. The largest absolute Gasteiger partial charge is 0.370 e. The fourth-order valence-corrected chi connectivity index (χ4v) is 4.81. The predicted octanol–water partition coefficient (Wildman–Crippen LogP) is 3.02. The van der Waals surface area contributed by atoms with E-state index in [2.05, 4.69) is 21.3 Å². The number of hydrogen-bond donors (Lipinski definition) is 1. The SMILES string of the molecule is O=C(Cc1ccsc1)NCC1CCC2(CCN(Cc3cccnc3)CC2)O1. The summed E-state index contributed by atoms with van der Waals surface area (Å²) in [4.78, 5) is 18.8. The van der Waals surface area contributed by atoms with Gasteiger partial charge in [0.1, 0.15) is 0 Å². The number of ether oxygens (including phenoxy) is 1. The molecule has 2 saturated heterocycles. The second-order valence-corrected chi connectivity index (χ2v) is 8.49. The molecule has 0 aromatic carbocycles. The van der Waals surface area contributed by atoms with E-state index in [1.165, 1.54) is 5.56 Å². The second-order valence-electron chi connectivity index (χ2n) is 7.71. The molecule has 1 atom stereocenters. The van der Waals surface area contributed by atoms with Crippen LogP contribution in [0.3, 0.4) is 0 Å². The van der Waals surface area contributed by atoms with Crippen LogP contribution in [0.15, 0.2) is 41.4 Å². The number of hydrogen-bond acceptors (Lipinski definition) is 5. The first-order chi connectivity index (χ1) is 13.2. The van der Waals surface area contributed by atoms with Crippen molar-refractivity contribution in [3.05, 3.63) is 52.5 Å². The molecule has 4 heterocycles. The highest BCUT2D eigenvalue weighted by atomic mass is 32.1. The van der Waals surface area contributed by atoms with Crippen LogP contribution in [-0.2, 0) is 22.5 Å². The smallest absolute Gasteiger partial charge is 0.224 e. The number of piperidine rings is 1. The van der Waals surface area contributed by atoms with Crippen molar-refractivity contribution in [2.24, 2.45) is 0 Å². The molecule has 0 bridgehead atoms. The molecule has 1 unspecified atom stereocenters. The Kier molecular flexibility index (Phi) is 5.86. The van der Waals surface area contributed by atoms with Gasteiger partial charge in [0.25, 0.3) is 0 Å². The number of rotatable bonds is 6. The molecule has 27 heavy (non-hydrogen) atoms. The highest BCUT2D eigenvalue weighted by Crippen LogP contribution is 2.38. The lowest BCUT2D eigenvalue weighted by atomic mass is 9.88. The Morgan fingerprint density at radius 1 is 1.30 bits per heavy atom. The zero-order valence-corrected chi connectivity index (χ0v) is 16.4. The normalized spacial score (nSPS) is 22.1. The summed E-state index contributed by atoms with van der Waals surface area (Å²) >= 11 is 1.63. The first-order valence-electron chi connectivity index (χ1n) is 9.78. The van der Waals surface area contributed by atoms with Crippen LogP contribution in [0.5, 0.6) is 0 Å². The zero-order valence-electron chi connectivity index (χ0n) is 15.6. The van der Waals surface area contributed by atoms with Crippen molar-refractivity contribution in [1.29, 1.82) is 0 Å². The standard InChI is InChI=1S/C21H27N3O2S/c25-20(12-17-4-11-27-16-17)23-14-19-3-5-21(26-19)6-9-24(10-7-21)15-18-2-1-8-22-13-18/h1-2,4,8,11,13,16,19H,3,5-7,9-10,12,14-15H2,(H,23,25). The van der Waals surface area contributed by atoms with Crippen LogP contribution in [0.4, 0.5) is 0 Å². The third-order valence-electron chi connectivity index (χ3n) is 5.71. The molecule has 1 spiro atoms. The third-order valence-corrected chi connectivity index (χ3v) is 6.44. The average molecular weight is 386 g/mol. The molecule has 2 fully saturated rings. The number of aromatic nitrogens is 1. The number of carbonyl (C=O) groups excluding carboxylic acids is 1. The Labute approximate surface area is 164 Å². The van der Waals surface area contributed by atoms with Gasteiger partial charge in [0, 0.05) is 38.6 Å². The number of pyridine rings is 1. The maximum atomic E-state index is 12.1. The van der Waals surface area contributed by atoms with Crippen LogP contribution in [0.2, 0.25) is 0 Å². The summed E-state index contributed by atoms with van der Waals surface area (Å²) in [6.07, 6.45) is 8.69. The fourth-order valence-electron chi connectivity index (χ4n) is 4.14. The molecule has 0 radical (unpaired) electrons. The number of thiophene rings is 1. The second kappa shape index (κ2) is 8.50. The first-order valence-corrected chi connectivity index (χ1v) is 10.7. The average Bonchev–Trinajstić information content (AvgIpc) is 3.33. The number of carbonyl (C=O) groups is 1. The van der Waals surface area contributed by atoms with Crippen molar-refractivity contribution < 1.29 is 9.53 Å². The quantitative estimate of drug-likeness (QED) is 0.831. The minimum absolute atomic E-state index is 0.0220. The first kappa shape index (κ1) is 18.6. The lowest BCUT2D eigenvalue weighted by Gasteiger charge is -2.39. The Balaban J connectivity index is 1.20. The maximum absolute atomic E-state index is 12.1. The highest BCUT2D eigenvalue weighted by Gasteiger charge is 2.42. The predicted molar refractivity (Wildman–Crippen MR) is 107 cm³/mol. The van der Waals surface area contributed by atoms with E-state index in [-0.39, 0.29) is 17.6 Å². The van der Waals surface area contributed by atoms with Gasteiger partial charge in [0.2, 0.25) is 5.91 Å². The van der Waals surface area contributed by atoms with Gasteiger partial charge >= 0.3 is 0 Å². The molecule has 1 N–H and O–H groups in total. The van der Waals surface area contributed by atoms with E-state index in [0.717, 1.165) is 50.9 Å². The fraction of sp³-hybridized carbons (Fsp3) is 0.524. The van der Waals surface area contributed by atoms with Gasteiger partial charge in [-0.05, 0) is 59.7 Å². The zero-order chi connectivity index (χ0) is 18.5. The summed E-state index contributed by atoms with van der Waals surface area (Å²) in [6, 6.07) is 6.14. The van der Waals surface area contributed by atoms with E-state index in [0.29, 0.717) is 13.0 Å². The number of nitrogens with one attached hydrogen (secondary N) is 1. The Bertz CT molecular complexity index is 727. The summed E-state index contributed by atoms with van der Waals surface area (Å²) in [5.74, 6) is 0.0873. The molecule has 0 aliphatic carbocycles. The summed E-state index contributed by atoms with van der Waals surface area (Å²) in [5.41, 5.74) is 2.38. The third kappa shape index (κ3) is 4.94. The van der Waals surface area contributed by atoms with Crippen LogP contribution < -0.4 is 5.32 Å². The van der Waals surface area contributed by atoms with Gasteiger partial charge in [-0.15, -0.1) is 0 Å². The van der Waals surface area contributed by atoms with E-state index in [1.54, 1.807) is 11.3 Å². The van der Waals surface area contributed by atoms with Gasteiger partial charge in [-0.1, -0.05) is 6.07 Å². The van der Waals surface area contributed by atoms with Crippen molar-refractivity contribution in [2.45, 2.75) is 50.4 Å². The highest BCUT2D eigenvalue weighted by molar-refractivity contribution is 7.08. The molecule has 144 valence electrons. The molecule has 2 aromatic heterocycles. The van der Waals surface area contributed by atoms with Gasteiger partial charge in [-0.25, -0.2) is 0 Å². The van der Waals surface area contributed by atoms with E-state index in [1.807, 2.05) is 35.3 Å². The molecule has 2 aromatic rings. The van der Waals surface area contributed by atoms with Crippen LogP contribution in [-0.4, -0.2) is 47.1 Å². The van der Waals surface area contributed by atoms with Crippen molar-refractivity contribution >= 4 is 17.2 Å². The van der Waals surface area contributed by atoms with Gasteiger partial charge in [0.05, 0.1) is 18.1 Å². The molecule has 0 saturated carbocycles. The van der Waals surface area contributed by atoms with Crippen LogP contribution >= 0.6 is 11.3 Å². The Hall–Kier alpha value is -1.76. The number of likely N-dealkylation sites (tertiary alicyclic amines) is 1. The van der Waals surface area contributed by atoms with Crippen molar-refractivity contribution in [2.75, 3.05) is 19.6 Å². The Morgan fingerprint density at radius 2 is 2.19 bits per heavy atom. The summed E-state index contributed by atoms with van der Waals surface area (Å²) < 4.78 is 6.42. The van der Waals surface area contributed by atoms with Crippen LogP contribution in [0, 0.1) is 0 Å². The minimum atomic E-state index is 0.0220. The van der Waals surface area contributed by atoms with Gasteiger partial charge < -0.3 is 10.1 Å². The molecule has 5 nitrogen and oxygen atoms in total. The maximum Gasteiger partial charge on any atom is 0.224 e. The van der Waals surface area contributed by atoms with Crippen LogP contribution in [0.25, 0.3) is 0 Å². The minimum Gasteiger partial charge on any atom is -0.370 e. The molecule has 4 rings (SSSR count). The molecule has 2 aliphatic rings. The van der Waals surface area contributed by atoms with Gasteiger partial charge in [0.15, 0.2) is 0 Å². The number of nitrogens with zero attached hydrogens (tertiary/aromatic N) is 2. The van der Waals surface area contributed by atoms with E-state index >= 15 is 0 Å². The molecule has 6 heteroatoms. The van der Waals surface area contributed by atoms with Crippen molar-refractivity contribution in [3.8, 4) is 0 Å². The van der Waals surface area contributed by atoms with Crippen molar-refractivity contribution in [1.82, 2.24) is 15.2 Å².